The molecule has 8 heteroatoms. The van der Waals surface area contributed by atoms with Crippen LogP contribution in [-0.4, -0.2) is 0 Å². The summed E-state index contributed by atoms with van der Waals surface area (Å²) in [7, 11) is -3.73. The summed E-state index contributed by atoms with van der Waals surface area (Å²) in [5.74, 6) is 4.45. The van der Waals surface area contributed by atoms with Gasteiger partial charge in [-0.15, -0.1) is 0 Å². The largest absolute Gasteiger partial charge is 0.453 e. The highest BCUT2D eigenvalue weighted by Gasteiger charge is 2.36. The second-order valence-corrected chi connectivity index (χ2v) is 33.1. The van der Waals surface area contributed by atoms with E-state index in [1.165, 1.54) is 44.5 Å². The quantitative estimate of drug-likeness (QED) is 0.127. The molecule has 76 heavy (non-hydrogen) atoms. The van der Waals surface area contributed by atoms with E-state index in [0.29, 0.717) is 11.5 Å². The highest BCUT2D eigenvalue weighted by molar-refractivity contribution is 7.99. The van der Waals surface area contributed by atoms with Gasteiger partial charge in [-0.25, -0.2) is 0 Å². The summed E-state index contributed by atoms with van der Waals surface area (Å²) in [6.07, 6.45) is 0. The van der Waals surface area contributed by atoms with Gasteiger partial charge >= 0.3 is 16.8 Å². The highest BCUT2D eigenvalue weighted by Crippen LogP contribution is 2.55. The van der Waals surface area contributed by atoms with E-state index in [1.54, 1.807) is 11.8 Å². The number of hydrogen-bond donors (Lipinski definition) is 0. The summed E-state index contributed by atoms with van der Waals surface area (Å²) in [5.41, 5.74) is 8.66. The summed E-state index contributed by atoms with van der Waals surface area (Å²) in [6.45, 7) is 54.2. The molecular formula is C68H90O5P2S. The van der Waals surface area contributed by atoms with E-state index in [9.17, 15) is 0 Å². The molecule has 6 aromatic rings. The van der Waals surface area contributed by atoms with E-state index in [-0.39, 0.29) is 43.3 Å². The van der Waals surface area contributed by atoms with Crippen LogP contribution in [0.4, 0.5) is 0 Å². The molecule has 1 aliphatic heterocycles. The first-order valence-electron chi connectivity index (χ1n) is 27.2. The van der Waals surface area contributed by atoms with Gasteiger partial charge in [-0.3, -0.25) is 0 Å². The van der Waals surface area contributed by atoms with Crippen molar-refractivity contribution in [1.29, 1.82) is 0 Å². The van der Waals surface area contributed by atoms with E-state index >= 15 is 0 Å². The van der Waals surface area contributed by atoms with Crippen molar-refractivity contribution in [2.45, 2.75) is 219 Å². The Labute approximate surface area is 466 Å². The number of hydrogen-bond acceptors (Lipinski definition) is 6. The maximum absolute atomic E-state index is 7.47. The summed E-state index contributed by atoms with van der Waals surface area (Å²) >= 11 is 1.69. The minimum absolute atomic E-state index is 0.120. The normalized spacial score (nSPS) is 13.8. The van der Waals surface area contributed by atoms with Crippen LogP contribution in [0.2, 0.25) is 0 Å². The first kappa shape index (κ1) is 59.2. The van der Waals surface area contributed by atoms with Crippen molar-refractivity contribution in [1.82, 2.24) is 0 Å². The van der Waals surface area contributed by atoms with Crippen LogP contribution in [0.15, 0.2) is 119 Å². The van der Waals surface area contributed by atoms with Crippen molar-refractivity contribution in [3.63, 3.8) is 0 Å². The Morgan fingerprint density at radius 1 is 0.289 bits per heavy atom. The molecule has 1 aliphatic rings. The van der Waals surface area contributed by atoms with E-state index in [2.05, 4.69) is 275 Å². The van der Waals surface area contributed by atoms with Gasteiger partial charge in [0.1, 0.15) is 23.0 Å². The third kappa shape index (κ3) is 14.2. The minimum atomic E-state index is -1.86. The van der Waals surface area contributed by atoms with Gasteiger partial charge in [-0.2, -0.15) is 0 Å². The van der Waals surface area contributed by atoms with Crippen molar-refractivity contribution in [2.75, 3.05) is 0 Å². The third-order valence-electron chi connectivity index (χ3n) is 14.0. The van der Waals surface area contributed by atoms with Crippen molar-refractivity contribution in [2.24, 2.45) is 0 Å². The van der Waals surface area contributed by atoms with Crippen molar-refractivity contribution >= 4 is 39.1 Å². The molecule has 0 atom stereocenters. The van der Waals surface area contributed by atoms with Gasteiger partial charge in [0.15, 0.2) is 11.5 Å². The summed E-state index contributed by atoms with van der Waals surface area (Å²) < 4.78 is 37.0. The maximum Gasteiger partial charge on any atom is 0.330 e. The first-order chi connectivity index (χ1) is 34.6. The molecule has 0 aliphatic carbocycles. The Kier molecular flexibility index (Phi) is 16.3. The first-order valence-corrected chi connectivity index (χ1v) is 30.4. The smallest absolute Gasteiger partial charge is 0.330 e. The van der Waals surface area contributed by atoms with Gasteiger partial charge < -0.3 is 22.8 Å². The molecule has 0 amide bonds. The number of para-hydroxylation sites is 2. The standard InChI is InChI=1S/C68H90O5P2S/c1-61(2,3)43-31-44(62(4,5)6)36-51(35-43)70-74(71-52-37-45(63(7,8)9)32-46(38-52)64(10,11)12)55-27-25-29-57-59(55)69-60-56(28-26-30-58(60)76-57)75(72-53-39-47(65(13,14)15)33-48(40-53)66(16,17)18)73-54-41-49(67(19,20)21)34-50(42-54)68(22,23)24/h25-42H,1-24H3. The molecule has 0 unspecified atom stereocenters. The molecule has 6 aromatic carbocycles. The Morgan fingerprint density at radius 3 is 0.671 bits per heavy atom. The fraction of sp³-hybridized carbons (Fsp3) is 0.471. The highest BCUT2D eigenvalue weighted by atomic mass is 32.2. The molecule has 0 saturated heterocycles. The zero-order valence-corrected chi connectivity index (χ0v) is 53.3. The predicted molar refractivity (Wildman–Crippen MR) is 328 cm³/mol. The fourth-order valence-corrected chi connectivity index (χ4v) is 12.5. The van der Waals surface area contributed by atoms with Crippen LogP contribution < -0.4 is 33.4 Å². The lowest BCUT2D eigenvalue weighted by Gasteiger charge is -2.31. The van der Waals surface area contributed by atoms with E-state index < -0.39 is 16.8 Å². The Morgan fingerprint density at radius 2 is 0.487 bits per heavy atom. The molecule has 0 aromatic heterocycles. The average Bonchev–Trinajstić information content (AvgIpc) is 3.27. The van der Waals surface area contributed by atoms with Crippen LogP contribution in [0.3, 0.4) is 0 Å². The van der Waals surface area contributed by atoms with Gasteiger partial charge in [0, 0.05) is 0 Å². The van der Waals surface area contributed by atoms with Gasteiger partial charge in [0.2, 0.25) is 0 Å². The van der Waals surface area contributed by atoms with Crippen LogP contribution in [0, 0.1) is 0 Å². The van der Waals surface area contributed by atoms with Crippen LogP contribution >= 0.6 is 28.5 Å². The van der Waals surface area contributed by atoms with E-state index in [0.717, 1.165) is 43.4 Å². The average molecular weight is 1080 g/mol. The SMILES string of the molecule is CC(C)(C)c1cc(OP(Oc2cc(C(C)(C)C)cc(C(C)(C)C)c2)c2cccc3c2Oc2c(cccc2P(Oc2cc(C(C)(C)C)cc(C(C)(C)C)c2)Oc2cc(C(C)(C)C)cc(C(C)(C)C)c2)S3)cc(C(C)(C)C)c1. The lowest BCUT2D eigenvalue weighted by molar-refractivity contribution is 0.451. The Balaban J connectivity index is 1.44. The molecular weight excluding hydrogens is 991 g/mol. The summed E-state index contributed by atoms with van der Waals surface area (Å²) in [6, 6.07) is 39.6. The van der Waals surface area contributed by atoms with Crippen LogP contribution in [0.1, 0.15) is 211 Å². The number of fused-ring (bicyclic) bond motifs is 2. The Hall–Kier alpha value is -4.47. The van der Waals surface area contributed by atoms with Gasteiger partial charge in [-0.05, 0) is 161 Å². The maximum atomic E-state index is 7.47. The molecule has 0 fully saturated rings. The monoisotopic (exact) mass is 1080 g/mol. The van der Waals surface area contributed by atoms with Gasteiger partial charge in [0.05, 0.1) is 20.4 Å². The lowest BCUT2D eigenvalue weighted by Crippen LogP contribution is -2.21. The second kappa shape index (κ2) is 21.0. The molecule has 0 saturated carbocycles. The third-order valence-corrected chi connectivity index (χ3v) is 18.1. The zero-order chi connectivity index (χ0) is 56.5. The fourth-order valence-electron chi connectivity index (χ4n) is 8.57. The number of ether oxygens (including phenoxy) is 1. The molecule has 1 heterocycles. The molecule has 0 spiro atoms. The second-order valence-electron chi connectivity index (χ2n) is 29.3. The molecule has 7 rings (SSSR count). The molecule has 408 valence electrons. The van der Waals surface area contributed by atoms with Gasteiger partial charge in [-0.1, -0.05) is 214 Å². The van der Waals surface area contributed by atoms with E-state index in [4.69, 9.17) is 22.8 Å². The molecule has 0 N–H and O–H groups in total. The van der Waals surface area contributed by atoms with Crippen molar-refractivity contribution < 1.29 is 22.8 Å². The van der Waals surface area contributed by atoms with Crippen molar-refractivity contribution in [3.8, 4) is 34.5 Å². The Bertz CT molecular complexity index is 2590. The molecule has 5 nitrogen and oxygen atoms in total. The van der Waals surface area contributed by atoms with Crippen LogP contribution in [0.5, 0.6) is 34.5 Å². The lowest BCUT2D eigenvalue weighted by atomic mass is 9.80. The predicted octanol–water partition coefficient (Wildman–Crippen LogP) is 20.5. The molecule has 0 radical (unpaired) electrons. The van der Waals surface area contributed by atoms with Crippen molar-refractivity contribution in [3.05, 3.63) is 154 Å². The topological polar surface area (TPSA) is 46.2 Å². The zero-order valence-electron chi connectivity index (χ0n) is 50.7. The summed E-state index contributed by atoms with van der Waals surface area (Å²) in [5, 5.41) is 1.67. The number of benzene rings is 6. The molecule has 0 bridgehead atoms. The summed E-state index contributed by atoms with van der Waals surface area (Å²) in [4.78, 5) is 1.96. The van der Waals surface area contributed by atoms with Gasteiger partial charge in [0.25, 0.3) is 0 Å². The van der Waals surface area contributed by atoms with Crippen LogP contribution in [0.25, 0.3) is 0 Å². The minimum Gasteiger partial charge on any atom is -0.453 e. The number of rotatable bonds is 10. The van der Waals surface area contributed by atoms with Crippen LogP contribution in [-0.2, 0) is 43.3 Å². The van der Waals surface area contributed by atoms with E-state index in [1.807, 2.05) is 0 Å².